The Morgan fingerprint density at radius 2 is 1.84 bits per heavy atom. The van der Waals surface area contributed by atoms with Crippen LogP contribution in [0.25, 0.3) is 0 Å². The first kappa shape index (κ1) is 30.9. The standard InChI is InChI=1S/C28H33F3N4O8/c1-4-35-7-5-6-13(35)16-18(32)21(37)15-11(23(16)43-28(29,30)31)8-10-9-12-19(34(2)3)22(38)17(26(33)41)25(40)27(12,42)24(39)14(10)20(15)36/h10,12-14,17,19,37,42H,4-9,32H2,1-3H3,(H2,33,41). The number of likely N-dealkylation sites (N-methyl/N-ethyl adjacent to an activating group) is 1. The Morgan fingerprint density at radius 1 is 1.19 bits per heavy atom. The van der Waals surface area contributed by atoms with E-state index in [-0.39, 0.29) is 17.5 Å². The highest BCUT2D eigenvalue weighted by molar-refractivity contribution is 6.32. The van der Waals surface area contributed by atoms with Crippen LogP contribution < -0.4 is 16.2 Å². The number of halogens is 3. The van der Waals surface area contributed by atoms with Crippen LogP contribution in [-0.4, -0.2) is 94.2 Å². The molecule has 1 aromatic rings. The summed E-state index contributed by atoms with van der Waals surface area (Å²) in [6, 6.07) is -2.00. The number of ether oxygens (including phenoxy) is 1. The largest absolute Gasteiger partial charge is 0.573 e. The van der Waals surface area contributed by atoms with Crippen molar-refractivity contribution in [1.29, 1.82) is 0 Å². The van der Waals surface area contributed by atoms with E-state index >= 15 is 0 Å². The molecule has 2 saturated carbocycles. The van der Waals surface area contributed by atoms with E-state index < -0.39 is 106 Å². The number of nitrogens with zero attached hydrogens (tertiary/aromatic N) is 2. The molecule has 3 fully saturated rings. The van der Waals surface area contributed by atoms with Crippen molar-refractivity contribution in [2.45, 2.75) is 56.7 Å². The number of primary amides is 1. The maximum Gasteiger partial charge on any atom is 0.573 e. The maximum absolute atomic E-state index is 14.0. The molecule has 0 aromatic heterocycles. The van der Waals surface area contributed by atoms with Gasteiger partial charge in [-0.25, -0.2) is 0 Å². The number of ketones is 4. The van der Waals surface area contributed by atoms with E-state index in [9.17, 15) is 47.4 Å². The average Bonchev–Trinajstić information content (AvgIpc) is 3.36. The van der Waals surface area contributed by atoms with E-state index in [1.165, 1.54) is 19.0 Å². The molecule has 15 heteroatoms. The van der Waals surface area contributed by atoms with E-state index in [1.54, 1.807) is 0 Å². The predicted molar refractivity (Wildman–Crippen MR) is 142 cm³/mol. The zero-order valence-corrected chi connectivity index (χ0v) is 23.7. The zero-order valence-electron chi connectivity index (χ0n) is 23.7. The minimum atomic E-state index is -5.20. The number of rotatable bonds is 5. The second-order valence-electron chi connectivity index (χ2n) is 12.0. The fourth-order valence-corrected chi connectivity index (χ4v) is 7.84. The Hall–Kier alpha value is -3.56. The van der Waals surface area contributed by atoms with Crippen LogP contribution in [0, 0.1) is 23.7 Å². The van der Waals surface area contributed by atoms with E-state index in [1.807, 2.05) is 11.8 Å². The molecular formula is C28H33F3N4O8. The van der Waals surface area contributed by atoms with Crippen molar-refractivity contribution < 1.29 is 52.1 Å². The molecule has 12 nitrogen and oxygen atoms in total. The molecule has 234 valence electrons. The number of hydrogen-bond donors (Lipinski definition) is 4. The fourth-order valence-electron chi connectivity index (χ4n) is 7.84. The highest BCUT2D eigenvalue weighted by Gasteiger charge is 2.69. The van der Waals surface area contributed by atoms with Gasteiger partial charge in [0, 0.05) is 23.1 Å². The molecule has 0 radical (unpaired) electrons. The van der Waals surface area contributed by atoms with Gasteiger partial charge in [-0.05, 0) is 58.8 Å². The fraction of sp³-hybridized carbons (Fsp3) is 0.607. The monoisotopic (exact) mass is 610 g/mol. The Balaban J connectivity index is 1.71. The van der Waals surface area contributed by atoms with Crippen LogP contribution in [0.15, 0.2) is 0 Å². The molecule has 1 aliphatic heterocycles. The summed E-state index contributed by atoms with van der Waals surface area (Å²) in [4.78, 5) is 69.8. The van der Waals surface area contributed by atoms with E-state index in [2.05, 4.69) is 4.74 Å². The topological polar surface area (TPSA) is 194 Å². The molecule has 4 aliphatic rings. The Morgan fingerprint density at radius 3 is 2.40 bits per heavy atom. The Bertz CT molecular complexity index is 1450. The molecule has 0 bridgehead atoms. The third-order valence-corrected chi connectivity index (χ3v) is 9.58. The van der Waals surface area contributed by atoms with Gasteiger partial charge in [0.1, 0.15) is 11.5 Å². The summed E-state index contributed by atoms with van der Waals surface area (Å²) < 4.78 is 46.1. The number of likely N-dealkylation sites (tertiary alicyclic amines) is 1. The smallest absolute Gasteiger partial charge is 0.505 e. The first-order chi connectivity index (χ1) is 20.0. The molecule has 1 amide bonds. The highest BCUT2D eigenvalue weighted by atomic mass is 19.4. The third kappa shape index (κ3) is 4.42. The number of aromatic hydroxyl groups is 1. The normalized spacial score (nSPS) is 32.9. The van der Waals surface area contributed by atoms with Crippen molar-refractivity contribution in [3.8, 4) is 11.5 Å². The number of hydrogen-bond acceptors (Lipinski definition) is 11. The van der Waals surface area contributed by atoms with Gasteiger partial charge < -0.3 is 26.4 Å². The first-order valence-corrected chi connectivity index (χ1v) is 14.0. The van der Waals surface area contributed by atoms with Gasteiger partial charge in [0.05, 0.1) is 23.2 Å². The van der Waals surface area contributed by atoms with Gasteiger partial charge >= 0.3 is 6.36 Å². The van der Waals surface area contributed by atoms with Gasteiger partial charge in [-0.15, -0.1) is 13.2 Å². The highest BCUT2D eigenvalue weighted by Crippen LogP contribution is 2.56. The average molecular weight is 611 g/mol. The minimum Gasteiger partial charge on any atom is -0.505 e. The number of phenols is 1. The van der Waals surface area contributed by atoms with Crippen molar-refractivity contribution in [3.63, 3.8) is 0 Å². The summed E-state index contributed by atoms with van der Waals surface area (Å²) in [7, 11) is 2.86. The summed E-state index contributed by atoms with van der Waals surface area (Å²) in [6.45, 7) is 2.84. The molecule has 5 rings (SSSR count). The summed E-state index contributed by atoms with van der Waals surface area (Å²) in [5.41, 5.74) is 6.97. The summed E-state index contributed by atoms with van der Waals surface area (Å²) >= 11 is 0. The summed E-state index contributed by atoms with van der Waals surface area (Å²) in [5.74, 6) is -14.2. The zero-order chi connectivity index (χ0) is 31.9. The number of phenolic OH excluding ortho intramolecular Hbond substituents is 1. The number of carbonyl (C=O) groups is 5. The number of nitrogens with two attached hydrogens (primary N) is 2. The molecule has 6 N–H and O–H groups in total. The molecule has 3 aliphatic carbocycles. The Kier molecular flexibility index (Phi) is 7.37. The molecule has 1 heterocycles. The number of aliphatic hydroxyl groups is 1. The van der Waals surface area contributed by atoms with E-state index in [0.29, 0.717) is 25.9 Å². The first-order valence-electron chi connectivity index (χ1n) is 14.0. The third-order valence-electron chi connectivity index (χ3n) is 9.58. The molecule has 1 saturated heterocycles. The number of alkyl halides is 3. The number of fused-ring (bicyclic) bond motifs is 3. The number of benzene rings is 1. The van der Waals surface area contributed by atoms with Crippen molar-refractivity contribution in [3.05, 3.63) is 16.7 Å². The lowest BCUT2D eigenvalue weighted by molar-refractivity contribution is -0.275. The molecule has 7 atom stereocenters. The summed E-state index contributed by atoms with van der Waals surface area (Å²) in [5, 5.41) is 22.8. The lowest BCUT2D eigenvalue weighted by Gasteiger charge is -2.52. The molecule has 1 aromatic carbocycles. The van der Waals surface area contributed by atoms with Crippen molar-refractivity contribution >= 4 is 34.7 Å². The van der Waals surface area contributed by atoms with Crippen LogP contribution >= 0.6 is 0 Å². The van der Waals surface area contributed by atoms with Gasteiger partial charge in [-0.3, -0.25) is 33.8 Å². The minimum absolute atomic E-state index is 0.115. The molecule has 7 unspecified atom stereocenters. The van der Waals surface area contributed by atoms with Gasteiger partial charge in [-0.1, -0.05) is 6.92 Å². The van der Waals surface area contributed by atoms with Crippen LogP contribution in [0.5, 0.6) is 11.5 Å². The number of carbonyl (C=O) groups excluding carboxylic acids is 5. The van der Waals surface area contributed by atoms with Crippen molar-refractivity contribution in [1.82, 2.24) is 9.80 Å². The number of nitrogen functional groups attached to an aromatic ring is 1. The lowest BCUT2D eigenvalue weighted by atomic mass is 9.52. The van der Waals surface area contributed by atoms with Crippen molar-refractivity contribution in [2.24, 2.45) is 29.4 Å². The van der Waals surface area contributed by atoms with Crippen molar-refractivity contribution in [2.75, 3.05) is 32.9 Å². The molecular weight excluding hydrogens is 577 g/mol. The SMILES string of the molecule is CCN1CCCC1c1c(N)c(O)c2c(c1OC(F)(F)F)CC1CC3C(N(C)C)C(=O)C(C(N)=O)C(=O)C3(O)C(=O)C1C2=O. The quantitative estimate of drug-likeness (QED) is 0.206. The summed E-state index contributed by atoms with van der Waals surface area (Å²) in [6.07, 6.45) is -4.86. The van der Waals surface area contributed by atoms with Gasteiger partial charge in [0.2, 0.25) is 5.91 Å². The van der Waals surface area contributed by atoms with E-state index in [0.717, 1.165) is 0 Å². The number of anilines is 1. The second kappa shape index (κ2) is 10.3. The van der Waals surface area contributed by atoms with Gasteiger partial charge in [0.25, 0.3) is 0 Å². The molecule has 0 spiro atoms. The van der Waals surface area contributed by atoms with E-state index in [4.69, 9.17) is 11.5 Å². The Labute approximate surface area is 244 Å². The maximum atomic E-state index is 14.0. The lowest BCUT2D eigenvalue weighted by Crippen LogP contribution is -2.74. The number of amides is 1. The van der Waals surface area contributed by atoms with Crippen LogP contribution in [0.4, 0.5) is 18.9 Å². The van der Waals surface area contributed by atoms with Crippen LogP contribution in [0.2, 0.25) is 0 Å². The van der Waals surface area contributed by atoms with Crippen LogP contribution in [-0.2, 0) is 25.6 Å². The van der Waals surface area contributed by atoms with Crippen LogP contribution in [0.1, 0.15) is 53.7 Å². The number of Topliss-reactive ketones (excluding diaryl/α,β-unsaturated/α-hetero) is 4. The molecule has 43 heavy (non-hydrogen) atoms. The van der Waals surface area contributed by atoms with Crippen LogP contribution in [0.3, 0.4) is 0 Å². The predicted octanol–water partition coefficient (Wildman–Crippen LogP) is 0.505. The van der Waals surface area contributed by atoms with Gasteiger partial charge in [0.15, 0.2) is 34.7 Å². The van der Waals surface area contributed by atoms with Gasteiger partial charge in [-0.2, -0.15) is 0 Å². The second-order valence-corrected chi connectivity index (χ2v) is 12.0.